The molecule has 0 spiro atoms. The van der Waals surface area contributed by atoms with E-state index in [2.05, 4.69) is 11.3 Å². The van der Waals surface area contributed by atoms with Crippen molar-refractivity contribution in [3.8, 4) is 0 Å². The van der Waals surface area contributed by atoms with Crippen LogP contribution in [0, 0.1) is 5.82 Å². The molecule has 0 aromatic heterocycles. The maximum Gasteiger partial charge on any atom is 0.339 e. The molecule has 2 N–H and O–H groups in total. The second-order valence-electron chi connectivity index (χ2n) is 2.66. The Labute approximate surface area is 81.0 Å². The molecule has 0 aliphatic carbocycles. The first kappa shape index (κ1) is 10.2. The number of esters is 1. The SMILES string of the molecule is C=Cc1cc(C(=O)OC)c(N)cc1F. The third kappa shape index (κ3) is 1.74. The van der Waals surface area contributed by atoms with Gasteiger partial charge in [-0.1, -0.05) is 12.7 Å². The summed E-state index contributed by atoms with van der Waals surface area (Å²) in [5.41, 5.74) is 5.87. The molecule has 0 saturated heterocycles. The summed E-state index contributed by atoms with van der Waals surface area (Å²) >= 11 is 0. The molecular weight excluding hydrogens is 185 g/mol. The molecule has 3 nitrogen and oxygen atoms in total. The Hall–Kier alpha value is -1.84. The van der Waals surface area contributed by atoms with E-state index < -0.39 is 11.8 Å². The third-order valence-electron chi connectivity index (χ3n) is 1.79. The lowest BCUT2D eigenvalue weighted by Crippen LogP contribution is -2.06. The van der Waals surface area contributed by atoms with E-state index in [1.165, 1.54) is 19.3 Å². The molecule has 0 amide bonds. The minimum Gasteiger partial charge on any atom is -0.465 e. The van der Waals surface area contributed by atoms with E-state index in [0.717, 1.165) is 6.07 Å². The third-order valence-corrected chi connectivity index (χ3v) is 1.79. The number of carbonyl (C=O) groups excluding carboxylic acids is 1. The van der Waals surface area contributed by atoms with Crippen molar-refractivity contribution in [3.05, 3.63) is 35.7 Å². The first-order chi connectivity index (χ1) is 6.60. The zero-order chi connectivity index (χ0) is 10.7. The topological polar surface area (TPSA) is 52.3 Å². The van der Waals surface area contributed by atoms with Gasteiger partial charge in [0.2, 0.25) is 0 Å². The number of nitrogens with two attached hydrogens (primary N) is 1. The van der Waals surface area contributed by atoms with Crippen LogP contribution in [0.4, 0.5) is 10.1 Å². The number of nitrogen functional groups attached to an aromatic ring is 1. The van der Waals surface area contributed by atoms with Crippen molar-refractivity contribution >= 4 is 17.7 Å². The van der Waals surface area contributed by atoms with E-state index in [1.807, 2.05) is 0 Å². The number of methoxy groups -OCH3 is 1. The number of halogens is 1. The van der Waals surface area contributed by atoms with E-state index in [1.54, 1.807) is 0 Å². The quantitative estimate of drug-likeness (QED) is 0.578. The normalized spacial score (nSPS) is 9.57. The van der Waals surface area contributed by atoms with E-state index in [-0.39, 0.29) is 16.8 Å². The number of hydrogen-bond donors (Lipinski definition) is 1. The fourth-order valence-corrected chi connectivity index (χ4v) is 1.05. The summed E-state index contributed by atoms with van der Waals surface area (Å²) in [5, 5.41) is 0. The van der Waals surface area contributed by atoms with Crippen LogP contribution in [0.1, 0.15) is 15.9 Å². The van der Waals surface area contributed by atoms with Gasteiger partial charge in [-0.2, -0.15) is 0 Å². The van der Waals surface area contributed by atoms with Crippen LogP contribution in [-0.2, 0) is 4.74 Å². The standard InChI is InChI=1S/C10H10FNO2/c1-3-6-4-7(10(13)14-2)9(12)5-8(6)11/h3-5H,1,12H2,2H3. The highest BCUT2D eigenvalue weighted by atomic mass is 19.1. The van der Waals surface area contributed by atoms with Gasteiger partial charge >= 0.3 is 5.97 Å². The molecule has 0 fully saturated rings. The summed E-state index contributed by atoms with van der Waals surface area (Å²) in [4.78, 5) is 11.2. The van der Waals surface area contributed by atoms with Gasteiger partial charge < -0.3 is 10.5 Å². The molecular formula is C10H10FNO2. The summed E-state index contributed by atoms with van der Waals surface area (Å²) in [7, 11) is 1.23. The molecule has 0 heterocycles. The van der Waals surface area contributed by atoms with Gasteiger partial charge in [0, 0.05) is 11.3 Å². The van der Waals surface area contributed by atoms with Crippen LogP contribution in [0.3, 0.4) is 0 Å². The van der Waals surface area contributed by atoms with Crippen LogP contribution in [0.15, 0.2) is 18.7 Å². The lowest BCUT2D eigenvalue weighted by atomic mass is 10.1. The smallest absolute Gasteiger partial charge is 0.339 e. The molecule has 14 heavy (non-hydrogen) atoms. The predicted molar refractivity (Wildman–Crippen MR) is 52.2 cm³/mol. The van der Waals surface area contributed by atoms with Gasteiger partial charge in [0.05, 0.1) is 12.7 Å². The zero-order valence-electron chi connectivity index (χ0n) is 7.71. The summed E-state index contributed by atoms with van der Waals surface area (Å²) < 4.78 is 17.6. The monoisotopic (exact) mass is 195 g/mol. The van der Waals surface area contributed by atoms with Crippen molar-refractivity contribution in [2.75, 3.05) is 12.8 Å². The fourth-order valence-electron chi connectivity index (χ4n) is 1.05. The highest BCUT2D eigenvalue weighted by Crippen LogP contribution is 2.19. The second kappa shape index (κ2) is 3.91. The van der Waals surface area contributed by atoms with Crippen molar-refractivity contribution in [1.29, 1.82) is 0 Å². The number of ether oxygens (including phenoxy) is 1. The first-order valence-electron chi connectivity index (χ1n) is 3.90. The van der Waals surface area contributed by atoms with Crippen molar-refractivity contribution < 1.29 is 13.9 Å². The van der Waals surface area contributed by atoms with Gasteiger partial charge in [-0.25, -0.2) is 9.18 Å². The van der Waals surface area contributed by atoms with Gasteiger partial charge in [-0.15, -0.1) is 0 Å². The molecule has 74 valence electrons. The average molecular weight is 195 g/mol. The molecule has 4 heteroatoms. The Balaban J connectivity index is 3.30. The lowest BCUT2D eigenvalue weighted by Gasteiger charge is -2.05. The molecule has 0 radical (unpaired) electrons. The van der Waals surface area contributed by atoms with E-state index >= 15 is 0 Å². The van der Waals surface area contributed by atoms with Crippen molar-refractivity contribution in [1.82, 2.24) is 0 Å². The Morgan fingerprint density at radius 1 is 1.64 bits per heavy atom. The molecule has 1 rings (SSSR count). The molecule has 0 atom stereocenters. The number of benzene rings is 1. The molecule has 1 aromatic rings. The number of hydrogen-bond acceptors (Lipinski definition) is 3. The zero-order valence-corrected chi connectivity index (χ0v) is 7.71. The molecule has 0 bridgehead atoms. The molecule has 0 unspecified atom stereocenters. The van der Waals surface area contributed by atoms with Crippen LogP contribution >= 0.6 is 0 Å². The Bertz CT molecular complexity index is 388. The molecule has 0 aliphatic heterocycles. The largest absolute Gasteiger partial charge is 0.465 e. The minimum atomic E-state index is -0.592. The van der Waals surface area contributed by atoms with Crippen molar-refractivity contribution in [3.63, 3.8) is 0 Å². The van der Waals surface area contributed by atoms with Crippen LogP contribution in [0.25, 0.3) is 6.08 Å². The Morgan fingerprint density at radius 3 is 2.79 bits per heavy atom. The molecule has 1 aromatic carbocycles. The average Bonchev–Trinajstić information content (AvgIpc) is 2.17. The second-order valence-corrected chi connectivity index (χ2v) is 2.66. The van der Waals surface area contributed by atoms with Gasteiger partial charge in [0.25, 0.3) is 0 Å². The lowest BCUT2D eigenvalue weighted by molar-refractivity contribution is 0.0602. The first-order valence-corrected chi connectivity index (χ1v) is 3.90. The fraction of sp³-hybridized carbons (Fsp3) is 0.100. The van der Waals surface area contributed by atoms with Crippen molar-refractivity contribution in [2.24, 2.45) is 0 Å². The van der Waals surface area contributed by atoms with Crippen LogP contribution in [0.5, 0.6) is 0 Å². The molecule has 0 aliphatic rings. The number of rotatable bonds is 2. The number of carbonyl (C=O) groups is 1. The Kier molecular flexibility index (Phi) is 2.86. The van der Waals surface area contributed by atoms with Gasteiger partial charge in [0.15, 0.2) is 0 Å². The highest BCUT2D eigenvalue weighted by Gasteiger charge is 2.12. The molecule has 0 saturated carbocycles. The minimum absolute atomic E-state index is 0.0555. The summed E-state index contributed by atoms with van der Waals surface area (Å²) in [5.74, 6) is -1.10. The highest BCUT2D eigenvalue weighted by molar-refractivity contribution is 5.95. The van der Waals surface area contributed by atoms with Crippen molar-refractivity contribution in [2.45, 2.75) is 0 Å². The van der Waals surface area contributed by atoms with E-state index in [9.17, 15) is 9.18 Å². The predicted octanol–water partition coefficient (Wildman–Crippen LogP) is 1.84. The van der Waals surface area contributed by atoms with Gasteiger partial charge in [-0.05, 0) is 12.1 Å². The maximum atomic E-state index is 13.1. The number of anilines is 1. The van der Waals surface area contributed by atoms with E-state index in [0.29, 0.717) is 0 Å². The maximum absolute atomic E-state index is 13.1. The van der Waals surface area contributed by atoms with Gasteiger partial charge in [0.1, 0.15) is 5.82 Å². The van der Waals surface area contributed by atoms with Crippen LogP contribution in [-0.4, -0.2) is 13.1 Å². The summed E-state index contributed by atoms with van der Waals surface area (Å²) in [6.07, 6.45) is 1.31. The Morgan fingerprint density at radius 2 is 2.29 bits per heavy atom. The summed E-state index contributed by atoms with van der Waals surface area (Å²) in [6.45, 7) is 3.41. The van der Waals surface area contributed by atoms with Gasteiger partial charge in [-0.3, -0.25) is 0 Å². The van der Waals surface area contributed by atoms with Crippen LogP contribution in [0.2, 0.25) is 0 Å². The van der Waals surface area contributed by atoms with Crippen LogP contribution < -0.4 is 5.73 Å². The van der Waals surface area contributed by atoms with E-state index in [4.69, 9.17) is 5.73 Å². The summed E-state index contributed by atoms with van der Waals surface area (Å²) in [6, 6.07) is 2.38.